The molecule has 0 saturated heterocycles. The van der Waals surface area contributed by atoms with Crippen LogP contribution in [0.25, 0.3) is 0 Å². The third-order valence-corrected chi connectivity index (χ3v) is 6.07. The maximum atomic E-state index is 13.3. The second kappa shape index (κ2) is 15.2. The van der Waals surface area contributed by atoms with Crippen LogP contribution in [0, 0.1) is 0 Å². The smallest absolute Gasteiger partial charge is 0.326 e. The van der Waals surface area contributed by atoms with Gasteiger partial charge in [0.1, 0.15) is 29.6 Å². The van der Waals surface area contributed by atoms with Gasteiger partial charge in [0.05, 0.1) is 12.1 Å². The first-order valence-corrected chi connectivity index (χ1v) is 12.6. The molecule has 0 aliphatic carbocycles. The van der Waals surface area contributed by atoms with Gasteiger partial charge in [-0.1, -0.05) is 24.3 Å². The monoisotopic (exact) mass is 574 g/mol. The number of aliphatic hydroxyl groups excluding tert-OH is 1. The molecule has 2 aromatic rings. The van der Waals surface area contributed by atoms with Crippen LogP contribution in [0.3, 0.4) is 0 Å². The summed E-state index contributed by atoms with van der Waals surface area (Å²) in [7, 11) is 0. The second-order valence-electron chi connectivity index (χ2n) is 9.47. The van der Waals surface area contributed by atoms with Crippen molar-refractivity contribution in [2.75, 3.05) is 0 Å². The summed E-state index contributed by atoms with van der Waals surface area (Å²) in [6.07, 6.45) is -2.36. The summed E-state index contributed by atoms with van der Waals surface area (Å²) in [5, 5.41) is 54.7. The van der Waals surface area contributed by atoms with Crippen LogP contribution in [0.4, 0.5) is 0 Å². The van der Waals surface area contributed by atoms with Crippen LogP contribution in [-0.2, 0) is 36.8 Å². The predicted molar refractivity (Wildman–Crippen MR) is 144 cm³/mol. The molecule has 0 fully saturated rings. The maximum Gasteiger partial charge on any atom is 0.326 e. The van der Waals surface area contributed by atoms with Gasteiger partial charge in [0, 0.05) is 19.3 Å². The van der Waals surface area contributed by atoms with Crippen LogP contribution in [-0.4, -0.2) is 85.5 Å². The van der Waals surface area contributed by atoms with E-state index >= 15 is 0 Å². The number of carbonyl (C=O) groups excluding carboxylic acids is 3. The van der Waals surface area contributed by atoms with Gasteiger partial charge in [-0.25, -0.2) is 4.79 Å². The highest BCUT2D eigenvalue weighted by molar-refractivity contribution is 5.94. The van der Waals surface area contributed by atoms with Gasteiger partial charge in [-0.05, 0) is 48.7 Å². The fraction of sp³-hybridized carbons (Fsp3) is 0.370. The molecule has 3 amide bonds. The largest absolute Gasteiger partial charge is 0.508 e. The SMILES string of the molecule is CC(O)C(NC(=O)C(Cc1ccc(O)cc1)NC(=O)C(N)CCC(=O)O)C(=O)NC(Cc1ccc(O)cc1)C(=O)O. The summed E-state index contributed by atoms with van der Waals surface area (Å²) in [5.41, 5.74) is 6.76. The number of carboxylic acids is 2. The number of hydrogen-bond donors (Lipinski definition) is 9. The van der Waals surface area contributed by atoms with Crippen LogP contribution in [0.1, 0.15) is 30.9 Å². The Morgan fingerprint density at radius 2 is 1.20 bits per heavy atom. The van der Waals surface area contributed by atoms with Crippen LogP contribution in [0.2, 0.25) is 0 Å². The molecule has 5 atom stereocenters. The zero-order chi connectivity index (χ0) is 30.7. The van der Waals surface area contributed by atoms with E-state index in [4.69, 9.17) is 10.8 Å². The van der Waals surface area contributed by atoms with E-state index in [-0.39, 0.29) is 37.2 Å². The van der Waals surface area contributed by atoms with Crippen molar-refractivity contribution in [3.05, 3.63) is 59.7 Å². The van der Waals surface area contributed by atoms with Crippen LogP contribution >= 0.6 is 0 Å². The number of aliphatic hydroxyl groups is 1. The molecule has 0 aromatic heterocycles. The van der Waals surface area contributed by atoms with E-state index in [9.17, 15) is 44.4 Å². The van der Waals surface area contributed by atoms with Crippen molar-refractivity contribution in [2.45, 2.75) is 62.9 Å². The molecule has 0 saturated carbocycles. The number of rotatable bonds is 15. The summed E-state index contributed by atoms with van der Waals surface area (Å²) < 4.78 is 0. The average Bonchev–Trinajstić information content (AvgIpc) is 2.91. The summed E-state index contributed by atoms with van der Waals surface area (Å²) in [4.78, 5) is 61.5. The topological polar surface area (TPSA) is 249 Å². The first-order valence-electron chi connectivity index (χ1n) is 12.6. The van der Waals surface area contributed by atoms with Crippen molar-refractivity contribution in [3.8, 4) is 11.5 Å². The summed E-state index contributed by atoms with van der Waals surface area (Å²) in [5.74, 6) is -5.37. The Labute approximate surface area is 235 Å². The number of carboxylic acid groups (broad SMARTS) is 2. The highest BCUT2D eigenvalue weighted by Gasteiger charge is 2.33. The number of aromatic hydroxyl groups is 2. The Kier molecular flexibility index (Phi) is 12.0. The molecule has 2 aromatic carbocycles. The number of aliphatic carboxylic acids is 2. The van der Waals surface area contributed by atoms with Gasteiger partial charge >= 0.3 is 11.9 Å². The number of amides is 3. The average molecular weight is 575 g/mol. The molecule has 2 rings (SSSR count). The van der Waals surface area contributed by atoms with Gasteiger partial charge < -0.3 is 47.2 Å². The number of nitrogens with two attached hydrogens (primary N) is 1. The minimum Gasteiger partial charge on any atom is -0.508 e. The van der Waals surface area contributed by atoms with Gasteiger partial charge in [-0.2, -0.15) is 0 Å². The van der Waals surface area contributed by atoms with Crippen molar-refractivity contribution in [1.82, 2.24) is 16.0 Å². The summed E-state index contributed by atoms with van der Waals surface area (Å²) in [6.45, 7) is 1.20. The van der Waals surface area contributed by atoms with Crippen molar-refractivity contribution >= 4 is 29.7 Å². The third kappa shape index (κ3) is 10.8. The summed E-state index contributed by atoms with van der Waals surface area (Å²) in [6, 6.07) is 5.69. The molecule has 0 radical (unpaired) electrons. The van der Waals surface area contributed by atoms with E-state index in [0.29, 0.717) is 11.1 Å². The van der Waals surface area contributed by atoms with Gasteiger partial charge in [-0.15, -0.1) is 0 Å². The van der Waals surface area contributed by atoms with E-state index in [1.54, 1.807) is 0 Å². The number of phenolic OH excluding ortho intramolecular Hbond substituents is 2. The molecule has 222 valence electrons. The lowest BCUT2D eigenvalue weighted by molar-refractivity contribution is -0.143. The Balaban J connectivity index is 2.20. The van der Waals surface area contributed by atoms with E-state index < -0.39 is 59.9 Å². The number of nitrogens with one attached hydrogen (secondary N) is 3. The number of phenols is 2. The maximum absolute atomic E-state index is 13.3. The molecule has 10 N–H and O–H groups in total. The molecular formula is C27H34N4O10. The van der Waals surface area contributed by atoms with Crippen molar-refractivity contribution in [2.24, 2.45) is 5.73 Å². The minimum atomic E-state index is -1.62. The summed E-state index contributed by atoms with van der Waals surface area (Å²) >= 11 is 0. The highest BCUT2D eigenvalue weighted by Crippen LogP contribution is 2.13. The molecule has 0 spiro atoms. The molecule has 41 heavy (non-hydrogen) atoms. The first kappa shape index (κ1) is 32.5. The molecular weight excluding hydrogens is 540 g/mol. The van der Waals surface area contributed by atoms with Gasteiger partial charge in [0.25, 0.3) is 0 Å². The zero-order valence-electron chi connectivity index (χ0n) is 22.2. The van der Waals surface area contributed by atoms with Crippen molar-refractivity contribution < 1.29 is 49.5 Å². The normalized spacial score (nSPS) is 14.5. The van der Waals surface area contributed by atoms with Gasteiger partial charge in [0.2, 0.25) is 17.7 Å². The van der Waals surface area contributed by atoms with Gasteiger partial charge in [0.15, 0.2) is 0 Å². The predicted octanol–water partition coefficient (Wildman–Crippen LogP) is -1.01. The quantitative estimate of drug-likeness (QED) is 0.125. The standard InChI is InChI=1S/C27H34N4O10/c1-14(32)23(26(39)30-21(27(40)41)13-16-4-8-18(34)9-5-16)31-25(38)20(12-15-2-6-17(33)7-3-15)29-24(37)19(28)10-11-22(35)36/h2-9,14,19-21,23,32-34H,10-13,28H2,1H3,(H,29,37)(H,30,39)(H,31,38)(H,35,36)(H,40,41). The Morgan fingerprint density at radius 1 is 0.732 bits per heavy atom. The van der Waals surface area contributed by atoms with Gasteiger partial charge in [-0.3, -0.25) is 19.2 Å². The highest BCUT2D eigenvalue weighted by atomic mass is 16.4. The molecule has 14 nitrogen and oxygen atoms in total. The van der Waals surface area contributed by atoms with E-state index in [1.807, 2.05) is 0 Å². The Hall–Kier alpha value is -4.69. The molecule has 5 unspecified atom stereocenters. The molecule has 0 bridgehead atoms. The van der Waals surface area contributed by atoms with Crippen LogP contribution in [0.5, 0.6) is 11.5 Å². The fourth-order valence-corrected chi connectivity index (χ4v) is 3.75. The van der Waals surface area contributed by atoms with E-state index in [2.05, 4.69) is 16.0 Å². The fourth-order valence-electron chi connectivity index (χ4n) is 3.75. The van der Waals surface area contributed by atoms with E-state index in [1.165, 1.54) is 55.5 Å². The number of benzene rings is 2. The third-order valence-electron chi connectivity index (χ3n) is 6.07. The minimum absolute atomic E-state index is 0.0293. The molecule has 0 aliphatic rings. The number of hydrogen-bond acceptors (Lipinski definition) is 9. The van der Waals surface area contributed by atoms with Crippen molar-refractivity contribution in [3.63, 3.8) is 0 Å². The Morgan fingerprint density at radius 3 is 1.63 bits per heavy atom. The van der Waals surface area contributed by atoms with E-state index in [0.717, 1.165) is 0 Å². The Bertz CT molecular complexity index is 1220. The molecule has 0 aliphatic heterocycles. The molecule has 14 heteroatoms. The lowest BCUT2D eigenvalue weighted by Gasteiger charge is -2.26. The second-order valence-corrected chi connectivity index (χ2v) is 9.47. The number of carbonyl (C=O) groups is 5. The van der Waals surface area contributed by atoms with Crippen LogP contribution in [0.15, 0.2) is 48.5 Å². The van der Waals surface area contributed by atoms with Crippen molar-refractivity contribution in [1.29, 1.82) is 0 Å². The molecule has 0 heterocycles. The lowest BCUT2D eigenvalue weighted by Crippen LogP contribution is -2.60. The first-order chi connectivity index (χ1) is 19.3. The lowest BCUT2D eigenvalue weighted by atomic mass is 10.0. The zero-order valence-corrected chi connectivity index (χ0v) is 22.2. The van der Waals surface area contributed by atoms with Crippen LogP contribution < -0.4 is 21.7 Å².